The molecule has 0 spiro atoms. The van der Waals surface area contributed by atoms with Crippen LogP contribution in [0.4, 0.5) is 0 Å². The lowest BCUT2D eigenvalue weighted by Gasteiger charge is -2.05. The molecule has 1 aromatic rings. The molecule has 0 aliphatic carbocycles. The molecular weight excluding hydrogens is 228 g/mol. The first-order valence-corrected chi connectivity index (χ1v) is 5.43. The molecule has 1 aromatic carbocycles. The summed E-state index contributed by atoms with van der Waals surface area (Å²) < 4.78 is 5.13. The first kappa shape index (κ1) is 13.0. The quantitative estimate of drug-likeness (QED) is 0.733. The third-order valence-electron chi connectivity index (χ3n) is 1.90. The Morgan fingerprint density at radius 3 is 2.62 bits per heavy atom. The van der Waals surface area contributed by atoms with E-state index < -0.39 is 0 Å². The van der Waals surface area contributed by atoms with Gasteiger partial charge in [-0.3, -0.25) is 4.79 Å². The molecule has 88 valence electrons. The lowest BCUT2D eigenvalue weighted by molar-refractivity contribution is 0.0920. The maximum atomic E-state index is 11.6. The van der Waals surface area contributed by atoms with Crippen molar-refractivity contribution in [3.8, 4) is 0 Å². The standard InChI is InChI=1S/C11H15ClN2O2/c12-10-3-1-9(2-4-10)11(15)14-6-8-16-7-5-13/h1-4H,5-8,13H2,(H,14,15). The second kappa shape index (κ2) is 7.22. The summed E-state index contributed by atoms with van der Waals surface area (Å²) in [5.41, 5.74) is 5.84. The third kappa shape index (κ3) is 4.61. The van der Waals surface area contributed by atoms with Gasteiger partial charge in [0.15, 0.2) is 0 Å². The average Bonchev–Trinajstić information content (AvgIpc) is 2.29. The van der Waals surface area contributed by atoms with Crippen LogP contribution in [0.15, 0.2) is 24.3 Å². The van der Waals surface area contributed by atoms with Gasteiger partial charge >= 0.3 is 0 Å². The highest BCUT2D eigenvalue weighted by Gasteiger charge is 2.03. The van der Waals surface area contributed by atoms with Crippen molar-refractivity contribution in [3.05, 3.63) is 34.9 Å². The lowest BCUT2D eigenvalue weighted by Crippen LogP contribution is -2.27. The Morgan fingerprint density at radius 1 is 1.31 bits per heavy atom. The van der Waals surface area contributed by atoms with Gasteiger partial charge in [0.05, 0.1) is 13.2 Å². The Morgan fingerprint density at radius 2 is 2.00 bits per heavy atom. The number of nitrogens with one attached hydrogen (secondary N) is 1. The van der Waals surface area contributed by atoms with Crippen LogP contribution in [-0.4, -0.2) is 32.2 Å². The van der Waals surface area contributed by atoms with E-state index in [1.165, 1.54) is 0 Å². The summed E-state index contributed by atoms with van der Waals surface area (Å²) in [7, 11) is 0. The molecule has 1 rings (SSSR count). The Balaban J connectivity index is 2.27. The van der Waals surface area contributed by atoms with Crippen LogP contribution in [0.25, 0.3) is 0 Å². The lowest BCUT2D eigenvalue weighted by atomic mass is 10.2. The molecule has 0 aliphatic rings. The van der Waals surface area contributed by atoms with Crippen LogP contribution in [0, 0.1) is 0 Å². The summed E-state index contributed by atoms with van der Waals surface area (Å²) in [6.07, 6.45) is 0. The Labute approximate surface area is 99.7 Å². The van der Waals surface area contributed by atoms with Gasteiger partial charge in [0, 0.05) is 23.7 Å². The summed E-state index contributed by atoms with van der Waals surface area (Å²) in [5.74, 6) is -0.131. The van der Waals surface area contributed by atoms with Crippen molar-refractivity contribution in [1.82, 2.24) is 5.32 Å². The molecule has 0 saturated heterocycles. The van der Waals surface area contributed by atoms with Crippen molar-refractivity contribution < 1.29 is 9.53 Å². The molecule has 1 amide bonds. The average molecular weight is 243 g/mol. The zero-order valence-corrected chi connectivity index (χ0v) is 9.67. The second-order valence-corrected chi connectivity index (χ2v) is 3.60. The Hall–Kier alpha value is -1.10. The van der Waals surface area contributed by atoms with Crippen molar-refractivity contribution in [2.45, 2.75) is 0 Å². The van der Waals surface area contributed by atoms with Gasteiger partial charge < -0.3 is 15.8 Å². The van der Waals surface area contributed by atoms with E-state index in [9.17, 15) is 4.79 Å². The first-order valence-electron chi connectivity index (χ1n) is 5.05. The minimum absolute atomic E-state index is 0.131. The number of hydrogen-bond acceptors (Lipinski definition) is 3. The number of rotatable bonds is 6. The zero-order valence-electron chi connectivity index (χ0n) is 8.91. The van der Waals surface area contributed by atoms with Gasteiger partial charge in [0.2, 0.25) is 0 Å². The van der Waals surface area contributed by atoms with E-state index in [2.05, 4.69) is 5.32 Å². The minimum Gasteiger partial charge on any atom is -0.378 e. The molecule has 5 heteroatoms. The fourth-order valence-corrected chi connectivity index (χ4v) is 1.25. The molecule has 0 aromatic heterocycles. The normalized spacial score (nSPS) is 10.1. The van der Waals surface area contributed by atoms with Gasteiger partial charge in [-0.25, -0.2) is 0 Å². The van der Waals surface area contributed by atoms with Crippen LogP contribution in [0.5, 0.6) is 0 Å². The number of ether oxygens (including phenoxy) is 1. The highest BCUT2D eigenvalue weighted by Crippen LogP contribution is 2.08. The molecule has 0 saturated carbocycles. The molecule has 0 aliphatic heterocycles. The summed E-state index contributed by atoms with van der Waals surface area (Å²) >= 11 is 5.71. The van der Waals surface area contributed by atoms with E-state index in [0.29, 0.717) is 36.9 Å². The van der Waals surface area contributed by atoms with Gasteiger partial charge in [0.1, 0.15) is 0 Å². The summed E-state index contributed by atoms with van der Waals surface area (Å²) in [6, 6.07) is 6.72. The molecular formula is C11H15ClN2O2. The summed E-state index contributed by atoms with van der Waals surface area (Å²) in [6.45, 7) is 1.94. The van der Waals surface area contributed by atoms with Crippen LogP contribution in [-0.2, 0) is 4.74 Å². The fourth-order valence-electron chi connectivity index (χ4n) is 1.13. The van der Waals surface area contributed by atoms with E-state index in [1.807, 2.05) is 0 Å². The number of benzene rings is 1. The highest BCUT2D eigenvalue weighted by atomic mass is 35.5. The van der Waals surface area contributed by atoms with E-state index in [4.69, 9.17) is 22.1 Å². The molecule has 0 atom stereocenters. The monoisotopic (exact) mass is 242 g/mol. The number of nitrogens with two attached hydrogens (primary N) is 1. The molecule has 0 unspecified atom stereocenters. The van der Waals surface area contributed by atoms with E-state index in [1.54, 1.807) is 24.3 Å². The van der Waals surface area contributed by atoms with Crippen molar-refractivity contribution in [2.24, 2.45) is 5.73 Å². The molecule has 0 bridgehead atoms. The van der Waals surface area contributed by atoms with Gasteiger partial charge in [-0.15, -0.1) is 0 Å². The number of hydrogen-bond donors (Lipinski definition) is 2. The Kier molecular flexibility index (Phi) is 5.85. The van der Waals surface area contributed by atoms with Crippen LogP contribution in [0.2, 0.25) is 5.02 Å². The van der Waals surface area contributed by atoms with Crippen LogP contribution in [0.1, 0.15) is 10.4 Å². The molecule has 3 N–H and O–H groups in total. The van der Waals surface area contributed by atoms with E-state index >= 15 is 0 Å². The van der Waals surface area contributed by atoms with Crippen LogP contribution in [0.3, 0.4) is 0 Å². The molecule has 16 heavy (non-hydrogen) atoms. The van der Waals surface area contributed by atoms with Gasteiger partial charge in [-0.05, 0) is 24.3 Å². The van der Waals surface area contributed by atoms with Crippen LogP contribution < -0.4 is 11.1 Å². The topological polar surface area (TPSA) is 64.3 Å². The Bertz CT molecular complexity index is 327. The third-order valence-corrected chi connectivity index (χ3v) is 2.15. The molecule has 0 fully saturated rings. The molecule has 0 radical (unpaired) electrons. The van der Waals surface area contributed by atoms with Gasteiger partial charge in [0.25, 0.3) is 5.91 Å². The maximum Gasteiger partial charge on any atom is 0.251 e. The smallest absolute Gasteiger partial charge is 0.251 e. The van der Waals surface area contributed by atoms with Crippen molar-refractivity contribution in [2.75, 3.05) is 26.3 Å². The fraction of sp³-hybridized carbons (Fsp3) is 0.364. The molecule has 4 nitrogen and oxygen atoms in total. The van der Waals surface area contributed by atoms with Crippen molar-refractivity contribution in [1.29, 1.82) is 0 Å². The number of carbonyl (C=O) groups excluding carboxylic acids is 1. The van der Waals surface area contributed by atoms with Crippen LogP contribution >= 0.6 is 11.6 Å². The van der Waals surface area contributed by atoms with Gasteiger partial charge in [-0.2, -0.15) is 0 Å². The molecule has 0 heterocycles. The van der Waals surface area contributed by atoms with Crippen molar-refractivity contribution in [3.63, 3.8) is 0 Å². The second-order valence-electron chi connectivity index (χ2n) is 3.16. The minimum atomic E-state index is -0.131. The van der Waals surface area contributed by atoms with E-state index in [-0.39, 0.29) is 5.91 Å². The maximum absolute atomic E-state index is 11.6. The number of carbonyl (C=O) groups is 1. The summed E-state index contributed by atoms with van der Waals surface area (Å²) in [5, 5.41) is 3.34. The largest absolute Gasteiger partial charge is 0.378 e. The SMILES string of the molecule is NCCOCCNC(=O)c1ccc(Cl)cc1. The number of amides is 1. The van der Waals surface area contributed by atoms with E-state index in [0.717, 1.165) is 0 Å². The highest BCUT2D eigenvalue weighted by molar-refractivity contribution is 6.30. The summed E-state index contributed by atoms with van der Waals surface area (Å²) in [4.78, 5) is 11.6. The zero-order chi connectivity index (χ0) is 11.8. The van der Waals surface area contributed by atoms with Gasteiger partial charge in [-0.1, -0.05) is 11.6 Å². The number of halogens is 1. The predicted molar refractivity (Wildman–Crippen MR) is 63.7 cm³/mol. The first-order chi connectivity index (χ1) is 7.74. The predicted octanol–water partition coefficient (Wildman–Crippen LogP) is 1.05. The van der Waals surface area contributed by atoms with Crippen molar-refractivity contribution >= 4 is 17.5 Å².